The van der Waals surface area contributed by atoms with Crippen molar-refractivity contribution in [1.29, 1.82) is 0 Å². The average Bonchev–Trinajstić information content (AvgIpc) is 3.01. The van der Waals surface area contributed by atoms with E-state index in [9.17, 15) is 10.1 Å². The van der Waals surface area contributed by atoms with Crippen molar-refractivity contribution in [2.75, 3.05) is 24.6 Å². The Hall–Kier alpha value is -1.40. The Morgan fingerprint density at radius 2 is 2.14 bits per heavy atom. The maximum absolute atomic E-state index is 11.2. The third-order valence-corrected chi connectivity index (χ3v) is 4.55. The van der Waals surface area contributed by atoms with Crippen LogP contribution in [0.4, 0.5) is 11.5 Å². The predicted molar refractivity (Wildman–Crippen MR) is 79.8 cm³/mol. The summed E-state index contributed by atoms with van der Waals surface area (Å²) in [4.78, 5) is 16.9. The molecule has 3 heterocycles. The maximum Gasteiger partial charge on any atom is 0.313 e. The quantitative estimate of drug-likeness (QED) is 0.634. The fraction of sp³-hybridized carbons (Fsp3) is 0.643. The second-order valence-corrected chi connectivity index (χ2v) is 6.07. The van der Waals surface area contributed by atoms with E-state index in [-0.39, 0.29) is 5.69 Å². The van der Waals surface area contributed by atoms with Crippen LogP contribution < -0.4 is 4.90 Å². The number of ether oxygens (including phenoxy) is 1. The number of nitrogens with zero attached hydrogens (tertiary/aromatic N) is 3. The van der Waals surface area contributed by atoms with Crippen LogP contribution in [0, 0.1) is 16.0 Å². The van der Waals surface area contributed by atoms with E-state index < -0.39 is 4.92 Å². The van der Waals surface area contributed by atoms with E-state index in [4.69, 9.17) is 16.3 Å². The molecule has 1 aromatic heterocycles. The van der Waals surface area contributed by atoms with Gasteiger partial charge in [-0.15, -0.1) is 0 Å². The molecular weight excluding hydrogens is 294 g/mol. The zero-order chi connectivity index (χ0) is 14.8. The Labute approximate surface area is 128 Å². The van der Waals surface area contributed by atoms with Gasteiger partial charge in [0.1, 0.15) is 0 Å². The third kappa shape index (κ3) is 3.11. The van der Waals surface area contributed by atoms with E-state index in [0.29, 0.717) is 22.9 Å². The lowest BCUT2D eigenvalue weighted by atomic mass is 9.90. The SMILES string of the molecule is O=[N+]([O-])c1cc(Cl)cnc1N1CCC([C@H]2CCCO2)CC1. The fourth-order valence-electron chi connectivity index (χ4n) is 3.26. The van der Waals surface area contributed by atoms with Crippen LogP contribution >= 0.6 is 11.6 Å². The molecule has 0 bridgehead atoms. The topological polar surface area (TPSA) is 68.5 Å². The average molecular weight is 312 g/mol. The highest BCUT2D eigenvalue weighted by Crippen LogP contribution is 2.34. The first-order valence-corrected chi connectivity index (χ1v) is 7.69. The lowest BCUT2D eigenvalue weighted by Gasteiger charge is -2.34. The van der Waals surface area contributed by atoms with Crippen LogP contribution in [0.1, 0.15) is 25.7 Å². The molecule has 114 valence electrons. The summed E-state index contributed by atoms with van der Waals surface area (Å²) in [5.74, 6) is 0.991. The summed E-state index contributed by atoms with van der Waals surface area (Å²) in [6, 6.07) is 1.37. The van der Waals surface area contributed by atoms with Crippen molar-refractivity contribution in [3.8, 4) is 0 Å². The summed E-state index contributed by atoms with van der Waals surface area (Å²) in [5.41, 5.74) is -0.0157. The molecule has 0 saturated carbocycles. The van der Waals surface area contributed by atoms with Crippen molar-refractivity contribution in [2.24, 2.45) is 5.92 Å². The number of anilines is 1. The first-order valence-electron chi connectivity index (χ1n) is 7.31. The minimum Gasteiger partial charge on any atom is -0.378 e. The highest BCUT2D eigenvalue weighted by Gasteiger charge is 2.31. The van der Waals surface area contributed by atoms with Gasteiger partial charge in [-0.05, 0) is 31.6 Å². The van der Waals surface area contributed by atoms with Gasteiger partial charge in [-0.3, -0.25) is 10.1 Å². The normalized spacial score (nSPS) is 23.5. The Kier molecular flexibility index (Phi) is 4.26. The van der Waals surface area contributed by atoms with E-state index in [0.717, 1.165) is 45.4 Å². The molecule has 0 N–H and O–H groups in total. The lowest BCUT2D eigenvalue weighted by Crippen LogP contribution is -2.38. The predicted octanol–water partition coefficient (Wildman–Crippen LogP) is 3.04. The van der Waals surface area contributed by atoms with Gasteiger partial charge in [0.15, 0.2) is 0 Å². The van der Waals surface area contributed by atoms with Crippen LogP contribution in [0.3, 0.4) is 0 Å². The number of aromatic nitrogens is 1. The van der Waals surface area contributed by atoms with Gasteiger partial charge >= 0.3 is 5.69 Å². The Bertz CT molecular complexity index is 526. The van der Waals surface area contributed by atoms with Crippen LogP contribution in [-0.4, -0.2) is 35.7 Å². The first-order chi connectivity index (χ1) is 10.1. The zero-order valence-electron chi connectivity index (χ0n) is 11.7. The molecule has 3 rings (SSSR count). The molecule has 2 aliphatic rings. The van der Waals surface area contributed by atoms with Crippen LogP contribution in [0.2, 0.25) is 5.02 Å². The summed E-state index contributed by atoms with van der Waals surface area (Å²) < 4.78 is 5.75. The van der Waals surface area contributed by atoms with Gasteiger partial charge in [0.05, 0.1) is 16.0 Å². The van der Waals surface area contributed by atoms with Crippen molar-refractivity contribution >= 4 is 23.1 Å². The van der Waals surface area contributed by atoms with Crippen molar-refractivity contribution in [2.45, 2.75) is 31.8 Å². The Morgan fingerprint density at radius 3 is 2.76 bits per heavy atom. The molecule has 2 fully saturated rings. The van der Waals surface area contributed by atoms with Gasteiger partial charge in [-0.2, -0.15) is 0 Å². The molecule has 0 aromatic carbocycles. The molecule has 0 spiro atoms. The van der Waals surface area contributed by atoms with Gasteiger partial charge in [0.2, 0.25) is 5.82 Å². The zero-order valence-corrected chi connectivity index (χ0v) is 12.5. The number of hydrogen-bond acceptors (Lipinski definition) is 5. The van der Waals surface area contributed by atoms with Gasteiger partial charge in [0, 0.05) is 32.0 Å². The fourth-order valence-corrected chi connectivity index (χ4v) is 3.41. The Balaban J connectivity index is 1.70. The van der Waals surface area contributed by atoms with Gasteiger partial charge in [0.25, 0.3) is 0 Å². The second kappa shape index (κ2) is 6.15. The molecule has 6 nitrogen and oxygen atoms in total. The van der Waals surface area contributed by atoms with E-state index in [2.05, 4.69) is 4.98 Å². The molecule has 1 atom stereocenters. The molecular formula is C14H18ClN3O3. The van der Waals surface area contributed by atoms with Gasteiger partial charge < -0.3 is 9.64 Å². The minimum atomic E-state index is -0.416. The highest BCUT2D eigenvalue weighted by molar-refractivity contribution is 6.30. The monoisotopic (exact) mass is 311 g/mol. The molecule has 0 amide bonds. The van der Waals surface area contributed by atoms with Crippen LogP contribution in [0.15, 0.2) is 12.3 Å². The van der Waals surface area contributed by atoms with Gasteiger partial charge in [-0.1, -0.05) is 11.6 Å². The third-order valence-electron chi connectivity index (χ3n) is 4.34. The summed E-state index contributed by atoms with van der Waals surface area (Å²) in [6.07, 6.45) is 6.12. The number of rotatable bonds is 3. The molecule has 0 aliphatic carbocycles. The lowest BCUT2D eigenvalue weighted by molar-refractivity contribution is -0.384. The number of nitro groups is 1. The summed E-state index contributed by atoms with van der Waals surface area (Å²) in [5, 5.41) is 11.4. The smallest absolute Gasteiger partial charge is 0.313 e. The molecule has 2 aliphatic heterocycles. The van der Waals surface area contributed by atoms with E-state index >= 15 is 0 Å². The molecule has 2 saturated heterocycles. The summed E-state index contributed by atoms with van der Waals surface area (Å²) in [6.45, 7) is 2.43. The molecule has 7 heteroatoms. The molecule has 1 aromatic rings. The van der Waals surface area contributed by atoms with Gasteiger partial charge in [-0.25, -0.2) is 4.98 Å². The molecule has 0 unspecified atom stereocenters. The van der Waals surface area contributed by atoms with Crippen molar-refractivity contribution in [3.05, 3.63) is 27.4 Å². The Morgan fingerprint density at radius 1 is 1.38 bits per heavy atom. The van der Waals surface area contributed by atoms with Crippen molar-refractivity contribution < 1.29 is 9.66 Å². The van der Waals surface area contributed by atoms with Crippen molar-refractivity contribution in [1.82, 2.24) is 4.98 Å². The molecule has 0 radical (unpaired) electrons. The number of pyridine rings is 1. The van der Waals surface area contributed by atoms with Crippen LogP contribution in [0.25, 0.3) is 0 Å². The summed E-state index contributed by atoms with van der Waals surface area (Å²) >= 11 is 5.81. The minimum absolute atomic E-state index is 0.0157. The maximum atomic E-state index is 11.2. The number of hydrogen-bond donors (Lipinski definition) is 0. The van der Waals surface area contributed by atoms with E-state index in [1.54, 1.807) is 0 Å². The van der Waals surface area contributed by atoms with E-state index in [1.807, 2.05) is 4.90 Å². The van der Waals surface area contributed by atoms with Crippen LogP contribution in [-0.2, 0) is 4.74 Å². The standard InChI is InChI=1S/C14H18ClN3O3/c15-11-8-12(18(19)20)14(16-9-11)17-5-3-10(4-6-17)13-2-1-7-21-13/h8-10,13H,1-7H2/t13-/m1/s1. The first kappa shape index (κ1) is 14.5. The second-order valence-electron chi connectivity index (χ2n) is 5.63. The van der Waals surface area contributed by atoms with E-state index in [1.165, 1.54) is 12.3 Å². The summed E-state index contributed by atoms with van der Waals surface area (Å²) in [7, 11) is 0. The number of halogens is 1. The highest BCUT2D eigenvalue weighted by atomic mass is 35.5. The molecule has 21 heavy (non-hydrogen) atoms. The van der Waals surface area contributed by atoms with Crippen LogP contribution in [0.5, 0.6) is 0 Å². The number of piperidine rings is 1. The largest absolute Gasteiger partial charge is 0.378 e. The van der Waals surface area contributed by atoms with Crippen molar-refractivity contribution in [3.63, 3.8) is 0 Å².